The number of carbonyl (C=O) groups is 1. The average molecular weight is 751 g/mol. The maximum absolute atomic E-state index is 12.9. The van der Waals surface area contributed by atoms with E-state index in [1.54, 1.807) is 0 Å². The highest BCUT2D eigenvalue weighted by atomic mass is 16.7. The minimum Gasteiger partial charge on any atom is -0.481 e. The number of carboxylic acids is 1. The van der Waals surface area contributed by atoms with Gasteiger partial charge in [0.2, 0.25) is 0 Å². The van der Waals surface area contributed by atoms with Crippen LogP contribution in [0.5, 0.6) is 0 Å². The largest absolute Gasteiger partial charge is 0.481 e. The first-order valence-electron chi connectivity index (χ1n) is 19.7. The molecule has 0 aromatic carbocycles. The second kappa shape index (κ2) is 13.9. The molecule has 8 N–H and O–H groups in total. The van der Waals surface area contributed by atoms with Crippen molar-refractivity contribution in [3.05, 3.63) is 23.8 Å². The first-order chi connectivity index (χ1) is 24.9. The summed E-state index contributed by atoms with van der Waals surface area (Å²) in [5.41, 5.74) is 0.616. The number of hydrogen-bond donors (Lipinski definition) is 8. The van der Waals surface area contributed by atoms with Gasteiger partial charge in [0.05, 0.1) is 31.3 Å². The molecule has 0 unspecified atom stereocenters. The van der Waals surface area contributed by atoms with Crippen LogP contribution in [0.4, 0.5) is 0 Å². The van der Waals surface area contributed by atoms with Gasteiger partial charge in [-0.2, -0.15) is 0 Å². The number of hydrogen-bond acceptors (Lipinski definition) is 12. The Morgan fingerprint density at radius 3 is 2.30 bits per heavy atom. The molecule has 2 saturated heterocycles. The molecule has 53 heavy (non-hydrogen) atoms. The standard InChI is InChI=1S/C40H62O13/c1-20-8-13-40(35(48)49)15-14-38(4)21(22(40)16-20)6-7-26-36(2)11-10-27(37(3,19-42)25(36)9-12-39(26,38)5)52-33-31(47)32(23(43)18-50-33)53-34-30(46)29(45)28(44)24(17-41)51-34/h6,22-34,41-47H,1,7-19H2,2-5H3,(H,48,49)/t22-,23+,24-,25+,26-,27+,28-,29+,30-,31-,32+,33-,34+,36+,37+,38-,39-,40+/m1/s1. The molecule has 0 spiro atoms. The lowest BCUT2D eigenvalue weighted by atomic mass is 9.34. The Kier molecular flexibility index (Phi) is 10.4. The van der Waals surface area contributed by atoms with Gasteiger partial charge in [-0.15, -0.1) is 0 Å². The molecule has 0 bridgehead atoms. The Morgan fingerprint density at radius 2 is 1.62 bits per heavy atom. The molecule has 18 atom stereocenters. The number of allylic oxidation sites excluding steroid dienone is 3. The first kappa shape index (κ1) is 39.7. The van der Waals surface area contributed by atoms with E-state index in [1.165, 1.54) is 5.57 Å². The van der Waals surface area contributed by atoms with Crippen LogP contribution in [0.2, 0.25) is 0 Å². The van der Waals surface area contributed by atoms with E-state index in [9.17, 15) is 45.6 Å². The van der Waals surface area contributed by atoms with Crippen LogP contribution in [-0.4, -0.2) is 128 Å². The highest BCUT2D eigenvalue weighted by Gasteiger charge is 2.69. The van der Waals surface area contributed by atoms with Gasteiger partial charge in [-0.05, 0) is 92.3 Å². The fraction of sp³-hybridized carbons (Fsp3) is 0.875. The summed E-state index contributed by atoms with van der Waals surface area (Å²) in [7, 11) is 0. The first-order valence-corrected chi connectivity index (χ1v) is 19.7. The predicted octanol–water partition coefficient (Wildman–Crippen LogP) is 2.02. The lowest BCUT2D eigenvalue weighted by Gasteiger charge is -2.71. The molecule has 0 radical (unpaired) electrons. The molecule has 13 nitrogen and oxygen atoms in total. The summed E-state index contributed by atoms with van der Waals surface area (Å²) in [6.07, 6.45) is -3.74. The van der Waals surface area contributed by atoms with E-state index in [-0.39, 0.29) is 41.3 Å². The number of rotatable bonds is 7. The third kappa shape index (κ3) is 5.77. The molecule has 0 amide bonds. The van der Waals surface area contributed by atoms with Crippen molar-refractivity contribution >= 4 is 5.97 Å². The van der Waals surface area contributed by atoms with Crippen LogP contribution in [-0.2, 0) is 23.7 Å². The Balaban J connectivity index is 1.11. The van der Waals surface area contributed by atoms with Crippen molar-refractivity contribution in [3.63, 3.8) is 0 Å². The normalized spacial score (nSPS) is 54.1. The third-order valence-electron chi connectivity index (χ3n) is 16.4. The summed E-state index contributed by atoms with van der Waals surface area (Å²) in [5.74, 6) is -0.351. The Morgan fingerprint density at radius 1 is 0.887 bits per heavy atom. The van der Waals surface area contributed by atoms with E-state index in [1.807, 2.05) is 0 Å². The fourth-order valence-corrected chi connectivity index (χ4v) is 13.0. The van der Waals surface area contributed by atoms with Crippen LogP contribution < -0.4 is 0 Å². The molecule has 300 valence electrons. The van der Waals surface area contributed by atoms with E-state index in [4.69, 9.17) is 18.9 Å². The quantitative estimate of drug-likeness (QED) is 0.138. The molecular formula is C40H62O13. The summed E-state index contributed by atoms with van der Waals surface area (Å²) < 4.78 is 23.6. The van der Waals surface area contributed by atoms with Gasteiger partial charge in [0.1, 0.15) is 42.7 Å². The number of carboxylic acid groups (broad SMARTS) is 1. The third-order valence-corrected chi connectivity index (χ3v) is 16.4. The average Bonchev–Trinajstić information content (AvgIpc) is 3.12. The van der Waals surface area contributed by atoms with E-state index in [0.29, 0.717) is 25.2 Å². The van der Waals surface area contributed by atoms with Crippen molar-refractivity contribution in [3.8, 4) is 0 Å². The van der Waals surface area contributed by atoms with Crippen molar-refractivity contribution < 1.29 is 64.6 Å². The van der Waals surface area contributed by atoms with Crippen LogP contribution in [0.3, 0.4) is 0 Å². The Hall–Kier alpha value is -1.49. The monoisotopic (exact) mass is 750 g/mol. The zero-order valence-electron chi connectivity index (χ0n) is 31.6. The second-order valence-electron chi connectivity index (χ2n) is 18.6. The maximum Gasteiger partial charge on any atom is 0.310 e. The van der Waals surface area contributed by atoms with Crippen LogP contribution >= 0.6 is 0 Å². The summed E-state index contributed by atoms with van der Waals surface area (Å²) >= 11 is 0. The SMILES string of the molecule is C=C1CC[C@]2(C(=O)O)CC[C@]3(C)C(=CC[C@@H]4[C@@]5(C)CC[C@H](O[C@H]6OC[C@H](O)[C@H](O[C@@H]7O[C@H](CO)[C@@H](O)[C@H](O)[C@H]7O)[C@H]6O)[C@@](C)(CO)[C@H]5CC[C@]43C)[C@H]2C1. The van der Waals surface area contributed by atoms with E-state index < -0.39 is 84.8 Å². The van der Waals surface area contributed by atoms with Crippen LogP contribution in [0.25, 0.3) is 0 Å². The van der Waals surface area contributed by atoms with Crippen molar-refractivity contribution in [1.29, 1.82) is 0 Å². The van der Waals surface area contributed by atoms with Gasteiger partial charge in [-0.1, -0.05) is 51.5 Å². The highest BCUT2D eigenvalue weighted by molar-refractivity contribution is 5.77. The summed E-state index contributed by atoms with van der Waals surface area (Å²) in [5, 5.41) is 84.6. The van der Waals surface area contributed by atoms with E-state index in [2.05, 4.69) is 40.3 Å². The summed E-state index contributed by atoms with van der Waals surface area (Å²) in [6.45, 7) is 12.5. The number of aliphatic hydroxyl groups is 7. The Labute approximate surface area is 312 Å². The molecule has 4 saturated carbocycles. The van der Waals surface area contributed by atoms with Gasteiger partial charge < -0.3 is 59.8 Å². The van der Waals surface area contributed by atoms with Crippen LogP contribution in [0.1, 0.15) is 91.9 Å². The molecule has 6 fully saturated rings. The van der Waals surface area contributed by atoms with Gasteiger partial charge in [0.25, 0.3) is 0 Å². The lowest BCUT2D eigenvalue weighted by molar-refractivity contribution is -0.358. The van der Waals surface area contributed by atoms with Crippen molar-refractivity contribution in [1.82, 2.24) is 0 Å². The van der Waals surface area contributed by atoms with Gasteiger partial charge >= 0.3 is 5.97 Å². The van der Waals surface area contributed by atoms with Gasteiger partial charge in [-0.3, -0.25) is 4.79 Å². The molecule has 7 rings (SSSR count). The second-order valence-corrected chi connectivity index (χ2v) is 18.6. The molecule has 5 aliphatic carbocycles. The number of ether oxygens (including phenoxy) is 4. The van der Waals surface area contributed by atoms with Crippen LogP contribution in [0.15, 0.2) is 23.8 Å². The number of aliphatic carboxylic acids is 1. The van der Waals surface area contributed by atoms with Gasteiger partial charge in [-0.25, -0.2) is 0 Å². The topological polar surface area (TPSA) is 216 Å². The summed E-state index contributed by atoms with van der Waals surface area (Å²) in [6, 6.07) is 0. The molecule has 2 aliphatic heterocycles. The Bertz CT molecular complexity index is 1450. The lowest BCUT2D eigenvalue weighted by Crippen LogP contribution is -2.66. The van der Waals surface area contributed by atoms with E-state index in [0.717, 1.165) is 50.5 Å². The zero-order valence-corrected chi connectivity index (χ0v) is 31.6. The number of fused-ring (bicyclic) bond motifs is 7. The molecule has 7 aliphatic rings. The number of aliphatic hydroxyl groups excluding tert-OH is 7. The molecule has 0 aromatic rings. The maximum atomic E-state index is 12.9. The van der Waals surface area contributed by atoms with Crippen molar-refractivity contribution in [2.24, 2.45) is 44.8 Å². The molecular weight excluding hydrogens is 688 g/mol. The summed E-state index contributed by atoms with van der Waals surface area (Å²) in [4.78, 5) is 12.9. The highest BCUT2D eigenvalue weighted by Crippen LogP contribution is 2.75. The predicted molar refractivity (Wildman–Crippen MR) is 189 cm³/mol. The fourth-order valence-electron chi connectivity index (χ4n) is 13.0. The van der Waals surface area contributed by atoms with Crippen molar-refractivity contribution in [2.75, 3.05) is 19.8 Å². The minimum absolute atomic E-state index is 0.0379. The van der Waals surface area contributed by atoms with Crippen LogP contribution in [0, 0.1) is 44.8 Å². The molecule has 13 heteroatoms. The van der Waals surface area contributed by atoms with Gasteiger partial charge in [0.15, 0.2) is 12.6 Å². The smallest absolute Gasteiger partial charge is 0.310 e. The molecule has 2 heterocycles. The van der Waals surface area contributed by atoms with Crippen molar-refractivity contribution in [2.45, 2.75) is 153 Å². The van der Waals surface area contributed by atoms with Gasteiger partial charge in [0, 0.05) is 11.3 Å². The minimum atomic E-state index is -1.72. The van der Waals surface area contributed by atoms with E-state index >= 15 is 0 Å². The zero-order chi connectivity index (χ0) is 38.5. The molecule has 0 aromatic heterocycles.